The Morgan fingerprint density at radius 1 is 1.00 bits per heavy atom. The number of para-hydroxylation sites is 2. The van der Waals surface area contributed by atoms with E-state index in [-0.39, 0.29) is 0 Å². The summed E-state index contributed by atoms with van der Waals surface area (Å²) >= 11 is 1.34. The molecule has 2 heterocycles. The largest absolute Gasteiger partial charge is 0.333 e. The number of hydrogen-bond donors (Lipinski definition) is 1. The smallest absolute Gasteiger partial charge is 0.201 e. The Balaban J connectivity index is 1.78. The van der Waals surface area contributed by atoms with Crippen molar-refractivity contribution in [2.24, 2.45) is 0 Å². The Hall–Kier alpha value is -2.05. The van der Waals surface area contributed by atoms with E-state index in [2.05, 4.69) is 9.97 Å². The van der Waals surface area contributed by atoms with E-state index in [0.29, 0.717) is 15.0 Å². The predicted molar refractivity (Wildman–Crippen MR) is 83.6 cm³/mol. The number of aromatic amines is 1. The van der Waals surface area contributed by atoms with Crippen molar-refractivity contribution in [1.29, 1.82) is 0 Å². The summed E-state index contributed by atoms with van der Waals surface area (Å²) in [5, 5.41) is 2.00. The molecule has 104 valence electrons. The van der Waals surface area contributed by atoms with Gasteiger partial charge in [0.25, 0.3) is 0 Å². The summed E-state index contributed by atoms with van der Waals surface area (Å²) < 4.78 is 24.2. The molecule has 0 aliphatic carbocycles. The SMILES string of the molecule is O=S1(=O)C=C(Sc2nc3ccccc3[nH]2)c2ccccc21. The molecule has 0 saturated heterocycles. The quantitative estimate of drug-likeness (QED) is 0.787. The highest BCUT2D eigenvalue weighted by atomic mass is 32.2. The van der Waals surface area contributed by atoms with Crippen LogP contribution in [0, 0.1) is 0 Å². The van der Waals surface area contributed by atoms with Gasteiger partial charge in [0.2, 0.25) is 9.84 Å². The molecule has 0 spiro atoms. The van der Waals surface area contributed by atoms with Gasteiger partial charge in [-0.1, -0.05) is 42.1 Å². The van der Waals surface area contributed by atoms with E-state index < -0.39 is 9.84 Å². The maximum Gasteiger partial charge on any atom is 0.201 e. The fourth-order valence-electron chi connectivity index (χ4n) is 2.35. The fourth-order valence-corrected chi connectivity index (χ4v) is 5.07. The van der Waals surface area contributed by atoms with Gasteiger partial charge in [-0.15, -0.1) is 0 Å². The molecule has 6 heteroatoms. The molecule has 2 aromatic carbocycles. The number of fused-ring (bicyclic) bond motifs is 2. The normalized spacial score (nSPS) is 15.9. The molecule has 4 nitrogen and oxygen atoms in total. The minimum atomic E-state index is -3.33. The van der Waals surface area contributed by atoms with Gasteiger partial charge in [0.15, 0.2) is 5.16 Å². The zero-order chi connectivity index (χ0) is 14.4. The Kier molecular flexibility index (Phi) is 2.70. The van der Waals surface area contributed by atoms with Gasteiger partial charge in [-0.05, 0) is 18.2 Å². The van der Waals surface area contributed by atoms with Gasteiger partial charge in [0.05, 0.1) is 21.3 Å². The van der Waals surface area contributed by atoms with Gasteiger partial charge in [-0.2, -0.15) is 0 Å². The van der Waals surface area contributed by atoms with Crippen LogP contribution in [0.4, 0.5) is 0 Å². The van der Waals surface area contributed by atoms with Crippen molar-refractivity contribution in [3.8, 4) is 0 Å². The van der Waals surface area contributed by atoms with Crippen LogP contribution in [-0.4, -0.2) is 18.4 Å². The highest BCUT2D eigenvalue weighted by molar-refractivity contribution is 8.09. The number of hydrogen-bond acceptors (Lipinski definition) is 4. The molecule has 0 fully saturated rings. The van der Waals surface area contributed by atoms with E-state index in [1.807, 2.05) is 36.4 Å². The van der Waals surface area contributed by atoms with Crippen LogP contribution in [0.2, 0.25) is 0 Å². The number of sulfone groups is 1. The lowest BCUT2D eigenvalue weighted by Crippen LogP contribution is -1.91. The summed E-state index contributed by atoms with van der Waals surface area (Å²) in [4.78, 5) is 8.73. The lowest BCUT2D eigenvalue weighted by molar-refractivity contribution is 0.605. The number of rotatable bonds is 2. The molecule has 0 radical (unpaired) electrons. The molecule has 1 N–H and O–H groups in total. The van der Waals surface area contributed by atoms with E-state index in [1.54, 1.807) is 12.1 Å². The summed E-state index contributed by atoms with van der Waals surface area (Å²) in [5.41, 5.74) is 2.55. The summed E-state index contributed by atoms with van der Waals surface area (Å²) in [6.07, 6.45) is 0. The first kappa shape index (κ1) is 12.7. The van der Waals surface area contributed by atoms with Gasteiger partial charge < -0.3 is 4.98 Å². The Morgan fingerprint density at radius 3 is 2.62 bits per heavy atom. The van der Waals surface area contributed by atoms with Crippen molar-refractivity contribution < 1.29 is 8.42 Å². The Morgan fingerprint density at radius 2 is 1.76 bits per heavy atom. The molecule has 0 atom stereocenters. The van der Waals surface area contributed by atoms with E-state index in [4.69, 9.17) is 0 Å². The van der Waals surface area contributed by atoms with Crippen LogP contribution in [-0.2, 0) is 9.84 Å². The van der Waals surface area contributed by atoms with Crippen molar-refractivity contribution in [2.75, 3.05) is 0 Å². The maximum atomic E-state index is 12.1. The number of nitrogens with zero attached hydrogens (tertiary/aromatic N) is 1. The van der Waals surface area contributed by atoms with Crippen LogP contribution in [0.15, 0.2) is 64.0 Å². The Bertz CT molecular complexity index is 955. The molecule has 21 heavy (non-hydrogen) atoms. The third-order valence-corrected chi connectivity index (χ3v) is 5.90. The van der Waals surface area contributed by atoms with Crippen molar-refractivity contribution >= 4 is 37.5 Å². The molecule has 1 aromatic heterocycles. The van der Waals surface area contributed by atoms with Gasteiger partial charge in [-0.25, -0.2) is 13.4 Å². The summed E-state index contributed by atoms with van der Waals surface area (Å²) in [5.74, 6) is 0. The maximum absolute atomic E-state index is 12.1. The molecule has 0 amide bonds. The van der Waals surface area contributed by atoms with E-state index in [1.165, 1.54) is 17.2 Å². The third kappa shape index (κ3) is 2.07. The van der Waals surface area contributed by atoms with E-state index in [0.717, 1.165) is 16.6 Å². The second kappa shape index (κ2) is 4.47. The van der Waals surface area contributed by atoms with Gasteiger partial charge in [0, 0.05) is 10.5 Å². The highest BCUT2D eigenvalue weighted by Crippen LogP contribution is 2.42. The van der Waals surface area contributed by atoms with Crippen molar-refractivity contribution in [2.45, 2.75) is 10.1 Å². The summed E-state index contributed by atoms with van der Waals surface area (Å²) in [6.45, 7) is 0. The number of H-pyrrole nitrogens is 1. The number of aromatic nitrogens is 2. The third-order valence-electron chi connectivity index (χ3n) is 3.30. The van der Waals surface area contributed by atoms with Gasteiger partial charge >= 0.3 is 0 Å². The van der Waals surface area contributed by atoms with Crippen LogP contribution in [0.3, 0.4) is 0 Å². The second-order valence-electron chi connectivity index (χ2n) is 4.68. The van der Waals surface area contributed by atoms with Gasteiger partial charge in [-0.3, -0.25) is 0 Å². The van der Waals surface area contributed by atoms with E-state index >= 15 is 0 Å². The zero-order valence-electron chi connectivity index (χ0n) is 10.8. The topological polar surface area (TPSA) is 62.8 Å². The number of nitrogens with one attached hydrogen (secondary N) is 1. The van der Waals surface area contributed by atoms with E-state index in [9.17, 15) is 8.42 Å². The summed E-state index contributed by atoms with van der Waals surface area (Å²) in [6, 6.07) is 14.7. The average Bonchev–Trinajstić information content (AvgIpc) is 2.98. The van der Waals surface area contributed by atoms with Crippen LogP contribution < -0.4 is 0 Å². The molecule has 0 unspecified atom stereocenters. The fraction of sp³-hybridized carbons (Fsp3) is 0. The molecular weight excluding hydrogens is 304 g/mol. The first-order valence-electron chi connectivity index (χ1n) is 6.32. The number of benzene rings is 2. The van der Waals surface area contributed by atoms with Crippen molar-refractivity contribution in [3.05, 3.63) is 59.5 Å². The lowest BCUT2D eigenvalue weighted by atomic mass is 10.2. The van der Waals surface area contributed by atoms with Crippen molar-refractivity contribution in [1.82, 2.24) is 9.97 Å². The lowest BCUT2D eigenvalue weighted by Gasteiger charge is -2.01. The molecule has 0 bridgehead atoms. The molecule has 3 aromatic rings. The van der Waals surface area contributed by atoms with Gasteiger partial charge in [0.1, 0.15) is 0 Å². The molecule has 4 rings (SSSR count). The molecule has 1 aliphatic heterocycles. The second-order valence-corrected chi connectivity index (χ2v) is 7.48. The van der Waals surface area contributed by atoms with Crippen LogP contribution in [0.5, 0.6) is 0 Å². The standard InChI is InChI=1S/C15H10N2O2S2/c18-21(19)9-13(10-5-1-4-8-14(10)21)20-15-16-11-6-2-3-7-12(11)17-15/h1-9H,(H,16,17). The molecular formula is C15H10N2O2S2. The van der Waals surface area contributed by atoms with Crippen LogP contribution in [0.25, 0.3) is 15.9 Å². The average molecular weight is 314 g/mol. The van der Waals surface area contributed by atoms with Crippen LogP contribution in [0.1, 0.15) is 5.56 Å². The molecule has 1 aliphatic rings. The monoisotopic (exact) mass is 314 g/mol. The molecule has 0 saturated carbocycles. The number of imidazole rings is 1. The first-order chi connectivity index (χ1) is 10.1. The highest BCUT2D eigenvalue weighted by Gasteiger charge is 2.27. The van der Waals surface area contributed by atoms with Crippen LogP contribution >= 0.6 is 11.8 Å². The zero-order valence-corrected chi connectivity index (χ0v) is 12.4. The first-order valence-corrected chi connectivity index (χ1v) is 8.68. The Labute approximate surface area is 125 Å². The minimum absolute atomic E-state index is 0.364. The summed E-state index contributed by atoms with van der Waals surface area (Å²) in [7, 11) is -3.33. The predicted octanol–water partition coefficient (Wildman–Crippen LogP) is 3.44. The van der Waals surface area contributed by atoms with Crippen molar-refractivity contribution in [3.63, 3.8) is 0 Å². The number of thioether (sulfide) groups is 1. The minimum Gasteiger partial charge on any atom is -0.333 e.